The summed E-state index contributed by atoms with van der Waals surface area (Å²) in [6.45, 7) is 9.42. The maximum atomic E-state index is 12.5. The molecule has 1 aromatic carbocycles. The van der Waals surface area contributed by atoms with E-state index in [1.807, 2.05) is 11.8 Å². The van der Waals surface area contributed by atoms with Crippen molar-refractivity contribution in [3.05, 3.63) is 28.8 Å². The second kappa shape index (κ2) is 8.11. The van der Waals surface area contributed by atoms with Crippen LogP contribution >= 0.6 is 0 Å². The van der Waals surface area contributed by atoms with Gasteiger partial charge in [-0.15, -0.1) is 0 Å². The van der Waals surface area contributed by atoms with Gasteiger partial charge in [0.15, 0.2) is 0 Å². The molecule has 0 aliphatic carbocycles. The lowest BCUT2D eigenvalue weighted by atomic mass is 9.76. The third-order valence-electron chi connectivity index (χ3n) is 6.64. The molecule has 2 aliphatic rings. The molecular weight excluding hydrogens is 356 g/mol. The van der Waals surface area contributed by atoms with E-state index >= 15 is 0 Å². The minimum absolute atomic E-state index is 0.0768. The van der Waals surface area contributed by atoms with Gasteiger partial charge in [-0.25, -0.2) is 0 Å². The van der Waals surface area contributed by atoms with Crippen LogP contribution < -0.4 is 4.74 Å². The Hall–Kier alpha value is -2.08. The number of likely N-dealkylation sites (tertiary alicyclic amines) is 2. The molecule has 28 heavy (non-hydrogen) atoms. The van der Waals surface area contributed by atoms with Crippen LogP contribution in [0.4, 0.5) is 0 Å². The fourth-order valence-corrected chi connectivity index (χ4v) is 5.04. The van der Waals surface area contributed by atoms with Crippen molar-refractivity contribution in [1.29, 1.82) is 0 Å². The summed E-state index contributed by atoms with van der Waals surface area (Å²) < 4.78 is 10.5. The fraction of sp³-hybridized carbons (Fsp3) is 0.636. The monoisotopic (exact) mass is 388 g/mol. The number of methoxy groups -OCH3 is 2. The normalized spacial score (nSPS) is 22.0. The third-order valence-corrected chi connectivity index (χ3v) is 6.64. The van der Waals surface area contributed by atoms with Crippen molar-refractivity contribution in [3.8, 4) is 5.75 Å². The van der Waals surface area contributed by atoms with Crippen molar-refractivity contribution in [2.24, 2.45) is 5.92 Å². The van der Waals surface area contributed by atoms with Gasteiger partial charge in [0.2, 0.25) is 5.91 Å². The summed E-state index contributed by atoms with van der Waals surface area (Å²) in [7, 11) is 3.12. The molecule has 3 rings (SSSR count). The predicted molar refractivity (Wildman–Crippen MR) is 107 cm³/mol. The Morgan fingerprint density at radius 3 is 2.43 bits per heavy atom. The molecule has 1 aromatic rings. The van der Waals surface area contributed by atoms with E-state index in [0.29, 0.717) is 6.54 Å². The zero-order valence-electron chi connectivity index (χ0n) is 17.7. The molecule has 2 saturated heterocycles. The average Bonchev–Trinajstić information content (AvgIpc) is 2.96. The van der Waals surface area contributed by atoms with Gasteiger partial charge in [0.25, 0.3) is 0 Å². The predicted octanol–water partition coefficient (Wildman–Crippen LogP) is 2.69. The number of benzene rings is 1. The lowest BCUT2D eigenvalue weighted by molar-refractivity contribution is -0.150. The van der Waals surface area contributed by atoms with E-state index in [1.54, 1.807) is 7.11 Å². The van der Waals surface area contributed by atoms with Crippen LogP contribution in [0.1, 0.15) is 42.9 Å². The molecule has 2 fully saturated rings. The highest BCUT2D eigenvalue weighted by atomic mass is 16.5. The van der Waals surface area contributed by atoms with E-state index in [1.165, 1.54) is 18.2 Å². The SMILES string of the molecule is CCN1C(=O)CC(C(=O)OC)C12CCN(Cc1cc(C)c(OC)cc1C)CC2. The Morgan fingerprint density at radius 1 is 1.18 bits per heavy atom. The summed E-state index contributed by atoms with van der Waals surface area (Å²) in [5, 5.41) is 0. The number of carbonyl (C=O) groups is 2. The molecule has 1 spiro atoms. The Labute approximate surface area is 167 Å². The topological polar surface area (TPSA) is 59.1 Å². The minimum atomic E-state index is -0.389. The van der Waals surface area contributed by atoms with Gasteiger partial charge in [-0.05, 0) is 56.4 Å². The molecule has 0 aromatic heterocycles. The molecule has 1 amide bonds. The van der Waals surface area contributed by atoms with E-state index in [0.717, 1.165) is 43.8 Å². The van der Waals surface area contributed by atoms with Gasteiger partial charge in [0.05, 0.1) is 25.7 Å². The van der Waals surface area contributed by atoms with Gasteiger partial charge >= 0.3 is 5.97 Å². The van der Waals surface area contributed by atoms with Crippen LogP contribution in [0.15, 0.2) is 12.1 Å². The highest BCUT2D eigenvalue weighted by molar-refractivity contribution is 5.89. The second-order valence-corrected chi connectivity index (χ2v) is 8.05. The Balaban J connectivity index is 1.75. The first-order valence-corrected chi connectivity index (χ1v) is 10.1. The maximum Gasteiger partial charge on any atom is 0.311 e. The lowest BCUT2D eigenvalue weighted by Crippen LogP contribution is -2.57. The van der Waals surface area contributed by atoms with Gasteiger partial charge in [-0.3, -0.25) is 14.5 Å². The summed E-state index contributed by atoms with van der Waals surface area (Å²) >= 11 is 0. The van der Waals surface area contributed by atoms with Crippen LogP contribution in [0.2, 0.25) is 0 Å². The molecule has 2 heterocycles. The molecular formula is C22H32N2O4. The van der Waals surface area contributed by atoms with Crippen LogP contribution in [-0.2, 0) is 20.9 Å². The number of ether oxygens (including phenoxy) is 2. The number of aryl methyl sites for hydroxylation is 2. The molecule has 1 atom stereocenters. The van der Waals surface area contributed by atoms with E-state index in [-0.39, 0.29) is 29.8 Å². The van der Waals surface area contributed by atoms with E-state index in [9.17, 15) is 9.59 Å². The number of hydrogen-bond acceptors (Lipinski definition) is 5. The van der Waals surface area contributed by atoms with Gasteiger partial charge in [-0.1, -0.05) is 6.07 Å². The molecule has 2 aliphatic heterocycles. The Kier molecular flexibility index (Phi) is 5.98. The number of piperidine rings is 1. The first kappa shape index (κ1) is 20.6. The number of nitrogens with zero attached hydrogens (tertiary/aromatic N) is 2. The number of carbonyl (C=O) groups excluding carboxylic acids is 2. The third kappa shape index (κ3) is 3.50. The summed E-state index contributed by atoms with van der Waals surface area (Å²) in [5.74, 6) is 0.396. The highest BCUT2D eigenvalue weighted by Gasteiger charge is 2.56. The fourth-order valence-electron chi connectivity index (χ4n) is 5.04. The van der Waals surface area contributed by atoms with Crippen LogP contribution in [0, 0.1) is 19.8 Å². The minimum Gasteiger partial charge on any atom is -0.496 e. The molecule has 1 unspecified atom stereocenters. The standard InChI is InChI=1S/C22H32N2O4/c1-6-24-20(25)13-18(21(26)28-5)22(24)7-9-23(10-8-22)14-17-11-16(3)19(27-4)12-15(17)2/h11-12,18H,6-10,13-14H2,1-5H3. The summed E-state index contributed by atoms with van der Waals surface area (Å²) in [6, 6.07) is 4.30. The van der Waals surface area contributed by atoms with Crippen LogP contribution in [0.5, 0.6) is 5.75 Å². The molecule has 0 bridgehead atoms. The zero-order chi connectivity index (χ0) is 20.5. The second-order valence-electron chi connectivity index (χ2n) is 8.05. The van der Waals surface area contributed by atoms with Crippen molar-refractivity contribution in [2.75, 3.05) is 33.9 Å². The number of esters is 1. The van der Waals surface area contributed by atoms with Crippen LogP contribution in [0.25, 0.3) is 0 Å². The average molecular weight is 389 g/mol. The molecule has 6 heteroatoms. The summed E-state index contributed by atoms with van der Waals surface area (Å²) in [6.07, 6.45) is 1.89. The molecule has 0 saturated carbocycles. The molecule has 154 valence electrons. The van der Waals surface area contributed by atoms with Crippen LogP contribution in [0.3, 0.4) is 0 Å². The Morgan fingerprint density at radius 2 is 1.86 bits per heavy atom. The van der Waals surface area contributed by atoms with Gasteiger partial charge in [-0.2, -0.15) is 0 Å². The number of amides is 1. The van der Waals surface area contributed by atoms with Crippen molar-refractivity contribution >= 4 is 11.9 Å². The Bertz CT molecular complexity index is 751. The lowest BCUT2D eigenvalue weighted by Gasteiger charge is -2.47. The first-order chi connectivity index (χ1) is 13.4. The molecule has 6 nitrogen and oxygen atoms in total. The van der Waals surface area contributed by atoms with Gasteiger partial charge in [0.1, 0.15) is 5.75 Å². The van der Waals surface area contributed by atoms with Crippen molar-refractivity contribution in [3.63, 3.8) is 0 Å². The number of hydrogen-bond donors (Lipinski definition) is 0. The zero-order valence-corrected chi connectivity index (χ0v) is 17.7. The summed E-state index contributed by atoms with van der Waals surface area (Å²) in [5.41, 5.74) is 3.27. The maximum absolute atomic E-state index is 12.5. The highest BCUT2D eigenvalue weighted by Crippen LogP contribution is 2.44. The first-order valence-electron chi connectivity index (χ1n) is 10.1. The van der Waals surface area contributed by atoms with E-state index in [2.05, 4.69) is 30.9 Å². The smallest absolute Gasteiger partial charge is 0.311 e. The van der Waals surface area contributed by atoms with Crippen molar-refractivity contribution in [2.45, 2.75) is 52.1 Å². The van der Waals surface area contributed by atoms with Crippen LogP contribution in [-0.4, -0.2) is 61.1 Å². The van der Waals surface area contributed by atoms with E-state index in [4.69, 9.17) is 9.47 Å². The van der Waals surface area contributed by atoms with E-state index < -0.39 is 0 Å². The van der Waals surface area contributed by atoms with Gasteiger partial charge < -0.3 is 14.4 Å². The largest absolute Gasteiger partial charge is 0.496 e. The van der Waals surface area contributed by atoms with Crippen molar-refractivity contribution in [1.82, 2.24) is 9.80 Å². The van der Waals surface area contributed by atoms with Crippen molar-refractivity contribution < 1.29 is 19.1 Å². The summed E-state index contributed by atoms with van der Waals surface area (Å²) in [4.78, 5) is 29.2. The van der Waals surface area contributed by atoms with Gasteiger partial charge in [0, 0.05) is 32.6 Å². The quantitative estimate of drug-likeness (QED) is 0.726. The molecule has 0 radical (unpaired) electrons. The number of rotatable bonds is 5. The molecule has 0 N–H and O–H groups in total.